The predicted molar refractivity (Wildman–Crippen MR) is 84.4 cm³/mol. The number of benzene rings is 1. The lowest BCUT2D eigenvalue weighted by Crippen LogP contribution is -2.41. The number of aryl methyl sites for hydroxylation is 1. The highest BCUT2D eigenvalue weighted by molar-refractivity contribution is 5.30. The number of rotatable bonds is 4. The van der Waals surface area contributed by atoms with E-state index in [9.17, 15) is 9.50 Å². The lowest BCUT2D eigenvalue weighted by Gasteiger charge is -2.44. The van der Waals surface area contributed by atoms with Gasteiger partial charge in [-0.2, -0.15) is 0 Å². The van der Waals surface area contributed by atoms with Gasteiger partial charge in [-0.05, 0) is 67.7 Å². The van der Waals surface area contributed by atoms with Crippen LogP contribution in [0, 0.1) is 30.0 Å². The average molecular weight is 293 g/mol. The molecule has 1 fully saturated rings. The van der Waals surface area contributed by atoms with Crippen LogP contribution in [0.5, 0.6) is 0 Å². The van der Waals surface area contributed by atoms with Gasteiger partial charge in [0.2, 0.25) is 0 Å². The molecule has 0 aliphatic heterocycles. The molecule has 1 unspecified atom stereocenters. The van der Waals surface area contributed by atoms with Gasteiger partial charge in [0.25, 0.3) is 0 Å². The lowest BCUT2D eigenvalue weighted by molar-refractivity contribution is -0.0152. The minimum atomic E-state index is -0.601. The van der Waals surface area contributed by atoms with E-state index in [2.05, 4.69) is 13.8 Å². The third-order valence-electron chi connectivity index (χ3n) is 5.48. The van der Waals surface area contributed by atoms with E-state index in [0.29, 0.717) is 12.5 Å². The van der Waals surface area contributed by atoms with Gasteiger partial charge >= 0.3 is 0 Å². The zero-order valence-corrected chi connectivity index (χ0v) is 13.4. The van der Waals surface area contributed by atoms with Crippen molar-refractivity contribution < 1.29 is 9.50 Å². The summed E-state index contributed by atoms with van der Waals surface area (Å²) in [5.41, 5.74) is 7.42. The van der Waals surface area contributed by atoms with Gasteiger partial charge in [0.05, 0.1) is 6.10 Å². The zero-order valence-electron chi connectivity index (χ0n) is 13.4. The fourth-order valence-electron chi connectivity index (χ4n) is 3.75. The molecule has 0 aromatic heterocycles. The minimum absolute atomic E-state index is 0.256. The van der Waals surface area contributed by atoms with Gasteiger partial charge in [0, 0.05) is 12.0 Å². The summed E-state index contributed by atoms with van der Waals surface area (Å²) in [4.78, 5) is 0. The van der Waals surface area contributed by atoms with Gasteiger partial charge in [-0.25, -0.2) is 4.39 Å². The maximum Gasteiger partial charge on any atom is 0.123 e. The van der Waals surface area contributed by atoms with E-state index in [1.54, 1.807) is 6.07 Å². The molecule has 3 N–H and O–H groups in total. The highest BCUT2D eigenvalue weighted by atomic mass is 19.1. The highest BCUT2D eigenvalue weighted by Crippen LogP contribution is 2.48. The van der Waals surface area contributed by atoms with Crippen LogP contribution >= 0.6 is 0 Å². The summed E-state index contributed by atoms with van der Waals surface area (Å²) in [6.45, 7) is 6.86. The summed E-state index contributed by atoms with van der Waals surface area (Å²) in [6.07, 6.45) is 3.53. The summed E-state index contributed by atoms with van der Waals surface area (Å²) in [7, 11) is 0. The van der Waals surface area contributed by atoms with Crippen LogP contribution in [0.2, 0.25) is 0 Å². The summed E-state index contributed by atoms with van der Waals surface area (Å²) < 4.78 is 13.3. The van der Waals surface area contributed by atoms with Crippen LogP contribution in [0.15, 0.2) is 18.2 Å². The monoisotopic (exact) mass is 293 g/mol. The van der Waals surface area contributed by atoms with Crippen molar-refractivity contribution in [3.05, 3.63) is 35.1 Å². The molecule has 0 radical (unpaired) electrons. The number of halogens is 1. The molecule has 1 aromatic carbocycles. The quantitative estimate of drug-likeness (QED) is 0.882. The van der Waals surface area contributed by atoms with Gasteiger partial charge in [0.15, 0.2) is 0 Å². The molecule has 2 nitrogen and oxygen atoms in total. The molecule has 0 spiro atoms. The van der Waals surface area contributed by atoms with Crippen LogP contribution in [-0.2, 0) is 0 Å². The first-order valence-corrected chi connectivity index (χ1v) is 8.04. The first-order valence-electron chi connectivity index (χ1n) is 8.04. The van der Waals surface area contributed by atoms with Gasteiger partial charge in [0.1, 0.15) is 5.82 Å². The molecular weight excluding hydrogens is 265 g/mol. The second-order valence-corrected chi connectivity index (χ2v) is 7.05. The Kier molecular flexibility index (Phi) is 5.05. The second kappa shape index (κ2) is 6.45. The Morgan fingerprint density at radius 2 is 1.95 bits per heavy atom. The number of nitrogens with two attached hydrogens (primary N) is 1. The fraction of sp³-hybridized carbons (Fsp3) is 0.667. The summed E-state index contributed by atoms with van der Waals surface area (Å²) in [5.74, 6) is 1.16. The minimum Gasteiger partial charge on any atom is -0.388 e. The van der Waals surface area contributed by atoms with Crippen molar-refractivity contribution in [1.29, 1.82) is 0 Å². The molecule has 21 heavy (non-hydrogen) atoms. The molecule has 2 rings (SSSR count). The van der Waals surface area contributed by atoms with Crippen molar-refractivity contribution >= 4 is 0 Å². The Morgan fingerprint density at radius 1 is 1.33 bits per heavy atom. The lowest BCUT2D eigenvalue weighted by atomic mass is 9.64. The van der Waals surface area contributed by atoms with E-state index in [0.717, 1.165) is 42.7 Å². The maximum absolute atomic E-state index is 13.3. The van der Waals surface area contributed by atoms with E-state index in [1.165, 1.54) is 12.1 Å². The molecule has 0 amide bonds. The Bertz CT molecular complexity index is 478. The molecule has 1 saturated carbocycles. The molecule has 1 aliphatic rings. The predicted octanol–water partition coefficient (Wildman–Crippen LogP) is 3.96. The van der Waals surface area contributed by atoms with E-state index >= 15 is 0 Å². The van der Waals surface area contributed by atoms with Crippen LogP contribution in [0.4, 0.5) is 4.39 Å². The van der Waals surface area contributed by atoms with Gasteiger partial charge in [-0.15, -0.1) is 0 Å². The van der Waals surface area contributed by atoms with Crippen molar-refractivity contribution in [1.82, 2.24) is 0 Å². The van der Waals surface area contributed by atoms with Crippen LogP contribution in [0.3, 0.4) is 0 Å². The van der Waals surface area contributed by atoms with E-state index in [1.807, 2.05) is 6.92 Å². The number of hydrogen-bond donors (Lipinski definition) is 2. The molecule has 0 bridgehead atoms. The fourth-order valence-corrected chi connectivity index (χ4v) is 3.75. The summed E-state index contributed by atoms with van der Waals surface area (Å²) in [5, 5.41) is 10.9. The SMILES string of the molecule is Cc1cc(F)ccc1C(O)C1(CN)CCC(C(C)C)CC1. The molecule has 1 aliphatic carbocycles. The normalized spacial score (nSPS) is 27.9. The third kappa shape index (κ3) is 3.29. The number of aliphatic hydroxyl groups excluding tert-OH is 1. The van der Waals surface area contributed by atoms with Crippen LogP contribution < -0.4 is 5.73 Å². The van der Waals surface area contributed by atoms with Crippen molar-refractivity contribution in [3.63, 3.8) is 0 Å². The second-order valence-electron chi connectivity index (χ2n) is 7.05. The third-order valence-corrected chi connectivity index (χ3v) is 5.48. The van der Waals surface area contributed by atoms with Gasteiger partial charge in [-0.3, -0.25) is 0 Å². The van der Waals surface area contributed by atoms with Gasteiger partial charge in [-0.1, -0.05) is 19.9 Å². The molecule has 1 atom stereocenters. The molecular formula is C18H28FNO. The maximum atomic E-state index is 13.3. The first-order chi connectivity index (χ1) is 9.89. The van der Waals surface area contributed by atoms with Crippen molar-refractivity contribution in [2.75, 3.05) is 6.54 Å². The number of hydrogen-bond acceptors (Lipinski definition) is 2. The van der Waals surface area contributed by atoms with E-state index < -0.39 is 6.10 Å². The number of aliphatic hydroxyl groups is 1. The van der Waals surface area contributed by atoms with Crippen LogP contribution in [-0.4, -0.2) is 11.7 Å². The molecule has 1 aromatic rings. The molecule has 118 valence electrons. The molecule has 0 saturated heterocycles. The van der Waals surface area contributed by atoms with E-state index in [4.69, 9.17) is 5.73 Å². The molecule has 3 heteroatoms. The Labute approximate surface area is 127 Å². The zero-order chi connectivity index (χ0) is 15.6. The average Bonchev–Trinajstić information content (AvgIpc) is 2.46. The van der Waals surface area contributed by atoms with Crippen molar-refractivity contribution in [2.45, 2.75) is 52.6 Å². The summed E-state index contributed by atoms with van der Waals surface area (Å²) in [6, 6.07) is 4.62. The molecule has 0 heterocycles. The van der Waals surface area contributed by atoms with Crippen LogP contribution in [0.1, 0.15) is 56.8 Å². The summed E-state index contributed by atoms with van der Waals surface area (Å²) >= 11 is 0. The van der Waals surface area contributed by atoms with Crippen molar-refractivity contribution in [2.24, 2.45) is 23.0 Å². The Hall–Kier alpha value is -0.930. The smallest absolute Gasteiger partial charge is 0.123 e. The first kappa shape index (κ1) is 16.4. The Morgan fingerprint density at radius 3 is 2.43 bits per heavy atom. The highest BCUT2D eigenvalue weighted by Gasteiger charge is 2.41. The topological polar surface area (TPSA) is 46.2 Å². The standard InChI is InChI=1S/C18H28FNO/c1-12(2)14-6-8-18(11-20,9-7-14)17(21)16-5-4-15(19)10-13(16)3/h4-5,10,12,14,17,21H,6-9,11,20H2,1-3H3. The van der Waals surface area contributed by atoms with E-state index in [-0.39, 0.29) is 11.2 Å². The van der Waals surface area contributed by atoms with Crippen molar-refractivity contribution in [3.8, 4) is 0 Å². The van der Waals surface area contributed by atoms with Crippen LogP contribution in [0.25, 0.3) is 0 Å². The van der Waals surface area contributed by atoms with Gasteiger partial charge < -0.3 is 10.8 Å². The Balaban J connectivity index is 2.21. The largest absolute Gasteiger partial charge is 0.388 e.